The third kappa shape index (κ3) is 5.20. The van der Waals surface area contributed by atoms with Crippen LogP contribution in [0.1, 0.15) is 43.0 Å². The molecule has 1 heterocycles. The second kappa shape index (κ2) is 10.5. The van der Waals surface area contributed by atoms with Crippen LogP contribution in [0, 0.1) is 6.92 Å². The van der Waals surface area contributed by atoms with E-state index in [1.165, 1.54) is 4.90 Å². The molecular weight excluding hydrogens is 422 g/mol. The molecule has 7 nitrogen and oxygen atoms in total. The molecule has 2 aromatic carbocycles. The number of methoxy groups -OCH3 is 2. The van der Waals surface area contributed by atoms with E-state index in [1.807, 2.05) is 26.8 Å². The van der Waals surface area contributed by atoms with Crippen LogP contribution in [0.4, 0.5) is 0 Å². The number of hydrogen-bond acceptors (Lipinski definition) is 6. The third-order valence-electron chi connectivity index (χ3n) is 5.51. The average Bonchev–Trinajstić information content (AvgIpc) is 3.05. The molecule has 1 N–H and O–H groups in total. The summed E-state index contributed by atoms with van der Waals surface area (Å²) in [5.74, 6) is -0.267. The maximum atomic E-state index is 13.1. The number of carbonyl (C=O) groups excluding carboxylic acids is 2. The van der Waals surface area contributed by atoms with Crippen LogP contribution in [0.25, 0.3) is 5.76 Å². The van der Waals surface area contributed by atoms with Crippen molar-refractivity contribution in [3.63, 3.8) is 0 Å². The van der Waals surface area contributed by atoms with Gasteiger partial charge in [0.25, 0.3) is 11.7 Å². The number of aryl methyl sites for hydroxylation is 1. The number of aliphatic hydroxyl groups is 1. The number of nitrogens with zero attached hydrogens (tertiary/aromatic N) is 1. The van der Waals surface area contributed by atoms with Crippen molar-refractivity contribution in [3.05, 3.63) is 64.7 Å². The Labute approximate surface area is 194 Å². The Hall–Kier alpha value is -3.32. The molecule has 1 unspecified atom stereocenters. The van der Waals surface area contributed by atoms with E-state index in [0.717, 1.165) is 5.56 Å². The van der Waals surface area contributed by atoms with Crippen LogP contribution < -0.4 is 9.47 Å². The van der Waals surface area contributed by atoms with E-state index in [2.05, 4.69) is 0 Å². The van der Waals surface area contributed by atoms with Crippen LogP contribution in [0.15, 0.2) is 48.0 Å². The highest BCUT2D eigenvalue weighted by Gasteiger charge is 2.45. The molecule has 0 spiro atoms. The number of hydrogen-bond donors (Lipinski definition) is 1. The van der Waals surface area contributed by atoms with Crippen LogP contribution in [-0.2, 0) is 14.3 Å². The fraction of sp³-hybridized carbons (Fsp3) is 0.385. The Morgan fingerprint density at radius 1 is 1.12 bits per heavy atom. The van der Waals surface area contributed by atoms with E-state index in [4.69, 9.17) is 14.2 Å². The molecule has 0 saturated carbocycles. The van der Waals surface area contributed by atoms with Gasteiger partial charge >= 0.3 is 0 Å². The van der Waals surface area contributed by atoms with Gasteiger partial charge in [0.15, 0.2) is 0 Å². The van der Waals surface area contributed by atoms with Crippen molar-refractivity contribution in [2.45, 2.75) is 39.3 Å². The number of amides is 1. The first kappa shape index (κ1) is 24.3. The van der Waals surface area contributed by atoms with Gasteiger partial charge in [-0.2, -0.15) is 0 Å². The van der Waals surface area contributed by atoms with Gasteiger partial charge in [-0.1, -0.05) is 12.1 Å². The zero-order valence-corrected chi connectivity index (χ0v) is 19.8. The standard InChI is InChI=1S/C26H31NO6/c1-16(2)33-21-11-10-19(14-17(21)3)24(28)22-23(18-8-6-9-20(15-18)32-5)27(12-7-13-31-4)26(30)25(22)29/h6,8-11,14-16,23,28H,7,12-13H2,1-5H3/b24-22+. The summed E-state index contributed by atoms with van der Waals surface area (Å²) in [5, 5.41) is 11.2. The summed E-state index contributed by atoms with van der Waals surface area (Å²) in [7, 11) is 3.14. The van der Waals surface area contributed by atoms with Gasteiger partial charge in [0.1, 0.15) is 17.3 Å². The number of ketones is 1. The van der Waals surface area contributed by atoms with E-state index in [9.17, 15) is 14.7 Å². The number of aliphatic hydroxyl groups excluding tert-OH is 1. The Bertz CT molecular complexity index is 1060. The van der Waals surface area contributed by atoms with Gasteiger partial charge in [-0.3, -0.25) is 9.59 Å². The number of Topliss-reactive ketones (excluding diaryl/α,β-unsaturated/α-hetero) is 1. The monoisotopic (exact) mass is 453 g/mol. The first-order valence-corrected chi connectivity index (χ1v) is 11.0. The first-order chi connectivity index (χ1) is 15.8. The lowest BCUT2D eigenvalue weighted by atomic mass is 9.94. The van der Waals surface area contributed by atoms with Gasteiger partial charge in [0.2, 0.25) is 0 Å². The highest BCUT2D eigenvalue weighted by atomic mass is 16.5. The van der Waals surface area contributed by atoms with E-state index in [1.54, 1.807) is 50.6 Å². The quantitative estimate of drug-likeness (QED) is 0.264. The van der Waals surface area contributed by atoms with Crippen LogP contribution in [0.3, 0.4) is 0 Å². The second-order valence-electron chi connectivity index (χ2n) is 8.26. The van der Waals surface area contributed by atoms with E-state index in [0.29, 0.717) is 42.2 Å². The highest BCUT2D eigenvalue weighted by Crippen LogP contribution is 2.40. The summed E-state index contributed by atoms with van der Waals surface area (Å²) < 4.78 is 16.2. The van der Waals surface area contributed by atoms with Crippen LogP contribution in [0.2, 0.25) is 0 Å². The van der Waals surface area contributed by atoms with Gasteiger partial charge in [0, 0.05) is 25.8 Å². The minimum absolute atomic E-state index is 0.00799. The summed E-state index contributed by atoms with van der Waals surface area (Å²) in [5.41, 5.74) is 2.01. The molecular formula is C26H31NO6. The van der Waals surface area contributed by atoms with E-state index < -0.39 is 17.7 Å². The molecule has 0 aromatic heterocycles. The average molecular weight is 454 g/mol. The van der Waals surface area contributed by atoms with Gasteiger partial charge in [-0.25, -0.2) is 0 Å². The number of ether oxygens (including phenoxy) is 3. The molecule has 1 fully saturated rings. The zero-order valence-electron chi connectivity index (χ0n) is 19.8. The van der Waals surface area contributed by atoms with E-state index >= 15 is 0 Å². The van der Waals surface area contributed by atoms with Crippen molar-refractivity contribution in [1.29, 1.82) is 0 Å². The lowest BCUT2D eigenvalue weighted by molar-refractivity contribution is -0.140. The number of benzene rings is 2. The van der Waals surface area contributed by atoms with E-state index in [-0.39, 0.29) is 17.4 Å². The smallest absolute Gasteiger partial charge is 0.295 e. The molecule has 1 saturated heterocycles. The van der Waals surface area contributed by atoms with Crippen molar-refractivity contribution >= 4 is 17.4 Å². The molecule has 0 aliphatic carbocycles. The Kier molecular flexibility index (Phi) is 7.76. The first-order valence-electron chi connectivity index (χ1n) is 11.0. The van der Waals surface area contributed by atoms with Crippen molar-refractivity contribution < 1.29 is 28.9 Å². The lowest BCUT2D eigenvalue weighted by Crippen LogP contribution is -2.31. The molecule has 0 radical (unpaired) electrons. The molecule has 1 aliphatic heterocycles. The number of rotatable bonds is 9. The molecule has 2 aromatic rings. The SMILES string of the molecule is COCCCN1C(=O)C(=O)/C(=C(/O)c2ccc(OC(C)C)c(C)c2)C1c1cccc(OC)c1. The molecule has 176 valence electrons. The van der Waals surface area contributed by atoms with Crippen LogP contribution >= 0.6 is 0 Å². The summed E-state index contributed by atoms with van der Waals surface area (Å²) in [4.78, 5) is 27.6. The third-order valence-corrected chi connectivity index (χ3v) is 5.51. The summed E-state index contributed by atoms with van der Waals surface area (Å²) in [6.07, 6.45) is 0.568. The largest absolute Gasteiger partial charge is 0.507 e. The minimum atomic E-state index is -0.733. The molecule has 0 bridgehead atoms. The fourth-order valence-corrected chi connectivity index (χ4v) is 3.99. The van der Waals surface area contributed by atoms with Crippen LogP contribution in [-0.4, -0.2) is 55.2 Å². The van der Waals surface area contributed by atoms with Gasteiger partial charge in [-0.15, -0.1) is 0 Å². The van der Waals surface area contributed by atoms with Crippen molar-refractivity contribution in [2.75, 3.05) is 27.4 Å². The maximum Gasteiger partial charge on any atom is 0.295 e. The highest BCUT2D eigenvalue weighted by molar-refractivity contribution is 6.46. The van der Waals surface area contributed by atoms with Crippen molar-refractivity contribution in [2.24, 2.45) is 0 Å². The van der Waals surface area contributed by atoms with Gasteiger partial charge < -0.3 is 24.2 Å². The summed E-state index contributed by atoms with van der Waals surface area (Å²) >= 11 is 0. The Morgan fingerprint density at radius 3 is 2.52 bits per heavy atom. The number of carbonyl (C=O) groups is 2. The molecule has 1 amide bonds. The predicted octanol–water partition coefficient (Wildman–Crippen LogP) is 4.25. The zero-order chi connectivity index (χ0) is 24.1. The van der Waals surface area contributed by atoms with Crippen molar-refractivity contribution in [1.82, 2.24) is 4.90 Å². The maximum absolute atomic E-state index is 13.1. The van der Waals surface area contributed by atoms with Crippen molar-refractivity contribution in [3.8, 4) is 11.5 Å². The van der Waals surface area contributed by atoms with Gasteiger partial charge in [-0.05, 0) is 68.7 Å². The summed E-state index contributed by atoms with van der Waals surface area (Å²) in [6, 6.07) is 11.7. The summed E-state index contributed by atoms with van der Waals surface area (Å²) in [6.45, 7) is 6.51. The normalized spacial score (nSPS) is 17.6. The predicted molar refractivity (Wildman–Crippen MR) is 125 cm³/mol. The van der Waals surface area contributed by atoms with Crippen LogP contribution in [0.5, 0.6) is 11.5 Å². The molecule has 1 atom stereocenters. The second-order valence-corrected chi connectivity index (χ2v) is 8.26. The van der Waals surface area contributed by atoms with Gasteiger partial charge in [0.05, 0.1) is 24.8 Å². The molecule has 7 heteroatoms. The Morgan fingerprint density at radius 2 is 1.88 bits per heavy atom. The lowest BCUT2D eigenvalue weighted by Gasteiger charge is -2.25. The Balaban J connectivity index is 2.11. The minimum Gasteiger partial charge on any atom is -0.507 e. The topological polar surface area (TPSA) is 85.3 Å². The molecule has 3 rings (SSSR count). The molecule has 1 aliphatic rings. The molecule has 33 heavy (non-hydrogen) atoms. The fourth-order valence-electron chi connectivity index (χ4n) is 3.99. The number of likely N-dealkylation sites (tertiary alicyclic amines) is 1.